The monoisotopic (exact) mass is 238 g/mol. The second kappa shape index (κ2) is 5.57. The molecule has 0 spiro atoms. The molecule has 0 saturated heterocycles. The van der Waals surface area contributed by atoms with Gasteiger partial charge in [-0.05, 0) is 32.9 Å². The molecule has 4 nitrogen and oxygen atoms in total. The fraction of sp³-hybridized carbons (Fsp3) is 0.462. The highest BCUT2D eigenvalue weighted by Crippen LogP contribution is 2.30. The lowest BCUT2D eigenvalue weighted by Crippen LogP contribution is -2.39. The van der Waals surface area contributed by atoms with E-state index in [2.05, 4.69) is 4.74 Å². The zero-order valence-corrected chi connectivity index (χ0v) is 10.6. The van der Waals surface area contributed by atoms with E-state index in [0.717, 1.165) is 0 Å². The van der Waals surface area contributed by atoms with Gasteiger partial charge in [-0.15, -0.1) is 0 Å². The molecule has 4 heteroatoms. The van der Waals surface area contributed by atoms with Gasteiger partial charge in [0.05, 0.1) is 13.7 Å². The van der Waals surface area contributed by atoms with Crippen LogP contribution in [0.5, 0.6) is 11.5 Å². The summed E-state index contributed by atoms with van der Waals surface area (Å²) in [6.07, 6.45) is 0. The first-order chi connectivity index (χ1) is 8.01. The number of carbonyl (C=O) groups excluding carboxylic acids is 1. The molecule has 0 heterocycles. The Balaban J connectivity index is 2.90. The van der Waals surface area contributed by atoms with E-state index in [0.29, 0.717) is 18.1 Å². The zero-order valence-electron chi connectivity index (χ0n) is 10.6. The number of carbonyl (C=O) groups is 1. The normalized spacial score (nSPS) is 10.8. The molecule has 1 rings (SSSR count). The SMILES string of the molecule is CCOc1ccccc1OC(C)(C)C(=O)OC. The van der Waals surface area contributed by atoms with E-state index in [1.807, 2.05) is 19.1 Å². The number of hydrogen-bond donors (Lipinski definition) is 0. The molecule has 0 radical (unpaired) electrons. The summed E-state index contributed by atoms with van der Waals surface area (Å²) in [5.74, 6) is 0.723. The minimum atomic E-state index is -1.04. The summed E-state index contributed by atoms with van der Waals surface area (Å²) in [6, 6.07) is 7.23. The maximum absolute atomic E-state index is 11.5. The number of esters is 1. The maximum Gasteiger partial charge on any atom is 0.349 e. The average molecular weight is 238 g/mol. The lowest BCUT2D eigenvalue weighted by molar-refractivity contribution is -0.156. The molecule has 1 aromatic carbocycles. The van der Waals surface area contributed by atoms with Crippen LogP contribution in [0.1, 0.15) is 20.8 Å². The van der Waals surface area contributed by atoms with Gasteiger partial charge in [0.25, 0.3) is 0 Å². The Morgan fingerprint density at radius 2 is 1.82 bits per heavy atom. The van der Waals surface area contributed by atoms with Crippen molar-refractivity contribution in [3.63, 3.8) is 0 Å². The van der Waals surface area contributed by atoms with E-state index in [4.69, 9.17) is 9.47 Å². The molecule has 94 valence electrons. The second-order valence-corrected chi connectivity index (χ2v) is 3.98. The van der Waals surface area contributed by atoms with Crippen molar-refractivity contribution in [3.05, 3.63) is 24.3 Å². The fourth-order valence-corrected chi connectivity index (χ4v) is 1.37. The predicted octanol–water partition coefficient (Wildman–Crippen LogP) is 2.42. The Morgan fingerprint density at radius 1 is 1.24 bits per heavy atom. The molecular formula is C13H18O4. The first-order valence-corrected chi connectivity index (χ1v) is 5.50. The summed E-state index contributed by atoms with van der Waals surface area (Å²) in [4.78, 5) is 11.5. The molecule has 0 N–H and O–H groups in total. The molecule has 0 aliphatic heterocycles. The molecule has 17 heavy (non-hydrogen) atoms. The third kappa shape index (κ3) is 3.37. The van der Waals surface area contributed by atoms with Crippen molar-refractivity contribution in [1.29, 1.82) is 0 Å². The topological polar surface area (TPSA) is 44.8 Å². The Hall–Kier alpha value is -1.71. The van der Waals surface area contributed by atoms with E-state index < -0.39 is 11.6 Å². The van der Waals surface area contributed by atoms with E-state index in [9.17, 15) is 4.79 Å². The lowest BCUT2D eigenvalue weighted by atomic mass is 10.1. The van der Waals surface area contributed by atoms with E-state index in [-0.39, 0.29) is 0 Å². The van der Waals surface area contributed by atoms with Crippen LogP contribution in [-0.2, 0) is 9.53 Å². The largest absolute Gasteiger partial charge is 0.490 e. The molecule has 1 aromatic rings. The van der Waals surface area contributed by atoms with Crippen molar-refractivity contribution in [2.75, 3.05) is 13.7 Å². The molecule has 0 atom stereocenters. The van der Waals surface area contributed by atoms with Crippen LogP contribution < -0.4 is 9.47 Å². The predicted molar refractivity (Wildman–Crippen MR) is 64.3 cm³/mol. The highest BCUT2D eigenvalue weighted by molar-refractivity contribution is 5.79. The van der Waals surface area contributed by atoms with E-state index >= 15 is 0 Å². The maximum atomic E-state index is 11.5. The van der Waals surface area contributed by atoms with Gasteiger partial charge in [-0.3, -0.25) is 0 Å². The van der Waals surface area contributed by atoms with Gasteiger partial charge in [-0.2, -0.15) is 0 Å². The molecule has 0 aromatic heterocycles. The van der Waals surface area contributed by atoms with Gasteiger partial charge in [-0.1, -0.05) is 12.1 Å². The zero-order chi connectivity index (χ0) is 12.9. The van der Waals surface area contributed by atoms with Crippen LogP contribution in [0.4, 0.5) is 0 Å². The van der Waals surface area contributed by atoms with Gasteiger partial charge in [0.2, 0.25) is 0 Å². The first kappa shape index (κ1) is 13.4. The van der Waals surface area contributed by atoms with Crippen molar-refractivity contribution in [2.24, 2.45) is 0 Å². The van der Waals surface area contributed by atoms with Gasteiger partial charge in [0.1, 0.15) is 0 Å². The minimum Gasteiger partial charge on any atom is -0.490 e. The lowest BCUT2D eigenvalue weighted by Gasteiger charge is -2.24. The first-order valence-electron chi connectivity index (χ1n) is 5.50. The Kier molecular flexibility index (Phi) is 4.37. The van der Waals surface area contributed by atoms with Gasteiger partial charge >= 0.3 is 5.97 Å². The van der Waals surface area contributed by atoms with Crippen molar-refractivity contribution < 1.29 is 19.0 Å². The van der Waals surface area contributed by atoms with Crippen molar-refractivity contribution in [1.82, 2.24) is 0 Å². The van der Waals surface area contributed by atoms with Gasteiger partial charge in [0.15, 0.2) is 17.1 Å². The molecule has 0 bridgehead atoms. The smallest absolute Gasteiger partial charge is 0.349 e. The summed E-state index contributed by atoms with van der Waals surface area (Å²) in [7, 11) is 1.34. The summed E-state index contributed by atoms with van der Waals surface area (Å²) in [6.45, 7) is 5.74. The third-order valence-corrected chi connectivity index (χ3v) is 2.19. The van der Waals surface area contributed by atoms with E-state index in [1.165, 1.54) is 7.11 Å². The van der Waals surface area contributed by atoms with Gasteiger partial charge in [0, 0.05) is 0 Å². The highest BCUT2D eigenvalue weighted by Gasteiger charge is 2.31. The second-order valence-electron chi connectivity index (χ2n) is 3.98. The summed E-state index contributed by atoms with van der Waals surface area (Å²) < 4.78 is 15.7. The third-order valence-electron chi connectivity index (χ3n) is 2.19. The van der Waals surface area contributed by atoms with Crippen molar-refractivity contribution in [2.45, 2.75) is 26.4 Å². The van der Waals surface area contributed by atoms with Crippen LogP contribution in [0, 0.1) is 0 Å². The standard InChI is InChI=1S/C13H18O4/c1-5-16-10-8-6-7-9-11(10)17-13(2,3)12(14)15-4/h6-9H,5H2,1-4H3. The number of ether oxygens (including phenoxy) is 3. The Morgan fingerprint density at radius 3 is 2.35 bits per heavy atom. The Bertz CT molecular complexity index is 385. The van der Waals surface area contributed by atoms with Crippen LogP contribution in [0.3, 0.4) is 0 Å². The van der Waals surface area contributed by atoms with E-state index in [1.54, 1.807) is 26.0 Å². The number of hydrogen-bond acceptors (Lipinski definition) is 4. The average Bonchev–Trinajstić information content (AvgIpc) is 2.30. The van der Waals surface area contributed by atoms with Crippen LogP contribution in [0.2, 0.25) is 0 Å². The molecule has 0 aliphatic carbocycles. The Labute approximate surface area is 101 Å². The van der Waals surface area contributed by atoms with Crippen LogP contribution >= 0.6 is 0 Å². The van der Waals surface area contributed by atoms with Gasteiger partial charge < -0.3 is 14.2 Å². The van der Waals surface area contributed by atoms with Crippen molar-refractivity contribution in [3.8, 4) is 11.5 Å². The highest BCUT2D eigenvalue weighted by atomic mass is 16.6. The molecule has 0 aliphatic rings. The van der Waals surface area contributed by atoms with Crippen LogP contribution in [0.25, 0.3) is 0 Å². The number of para-hydroxylation sites is 2. The molecule has 0 unspecified atom stereocenters. The summed E-state index contributed by atoms with van der Waals surface area (Å²) in [5, 5.41) is 0. The quantitative estimate of drug-likeness (QED) is 0.739. The number of benzene rings is 1. The number of rotatable bonds is 5. The summed E-state index contributed by atoms with van der Waals surface area (Å²) in [5.41, 5.74) is -1.04. The minimum absolute atomic E-state index is 0.427. The molecule has 0 fully saturated rings. The number of methoxy groups -OCH3 is 1. The van der Waals surface area contributed by atoms with Crippen LogP contribution in [-0.4, -0.2) is 25.3 Å². The fourth-order valence-electron chi connectivity index (χ4n) is 1.37. The molecular weight excluding hydrogens is 220 g/mol. The molecule has 0 amide bonds. The van der Waals surface area contributed by atoms with Crippen LogP contribution in [0.15, 0.2) is 24.3 Å². The summed E-state index contributed by atoms with van der Waals surface area (Å²) >= 11 is 0. The molecule has 0 saturated carbocycles. The van der Waals surface area contributed by atoms with Gasteiger partial charge in [-0.25, -0.2) is 4.79 Å². The van der Waals surface area contributed by atoms with Crippen molar-refractivity contribution >= 4 is 5.97 Å².